The summed E-state index contributed by atoms with van der Waals surface area (Å²) in [5, 5.41) is 6.15. The Morgan fingerprint density at radius 1 is 1.29 bits per heavy atom. The molecule has 2 heterocycles. The van der Waals surface area contributed by atoms with Gasteiger partial charge in [0, 0.05) is 51.7 Å². The minimum atomic E-state index is -0.201. The maximum Gasteiger partial charge on any atom is 0.220 e. The second-order valence-corrected chi connectivity index (χ2v) is 8.38. The van der Waals surface area contributed by atoms with Crippen LogP contribution in [0.4, 0.5) is 4.39 Å². The van der Waals surface area contributed by atoms with E-state index in [4.69, 9.17) is 9.73 Å². The van der Waals surface area contributed by atoms with Gasteiger partial charge in [-0.3, -0.25) is 9.79 Å². The molecule has 0 spiro atoms. The molecule has 1 amide bonds. The zero-order valence-electron chi connectivity index (χ0n) is 18.7. The first-order chi connectivity index (χ1) is 14.6. The zero-order valence-corrected chi connectivity index (χ0v) is 21.0. The number of benzene rings is 1. The summed E-state index contributed by atoms with van der Waals surface area (Å²) in [4.78, 5) is 19.0. The summed E-state index contributed by atoms with van der Waals surface area (Å²) in [6.07, 6.45) is 4.25. The van der Waals surface area contributed by atoms with Gasteiger partial charge in [0.2, 0.25) is 5.91 Å². The molecular formula is C23H36FIN4O2. The molecule has 0 unspecified atom stereocenters. The van der Waals surface area contributed by atoms with E-state index in [1.807, 2.05) is 6.07 Å². The van der Waals surface area contributed by atoms with Crippen molar-refractivity contribution in [1.82, 2.24) is 15.5 Å². The first-order valence-corrected chi connectivity index (χ1v) is 11.1. The predicted molar refractivity (Wildman–Crippen MR) is 133 cm³/mol. The van der Waals surface area contributed by atoms with Gasteiger partial charge >= 0.3 is 0 Å². The molecule has 6 nitrogen and oxygen atoms in total. The largest absolute Gasteiger partial charge is 0.381 e. The van der Waals surface area contributed by atoms with Crippen molar-refractivity contribution in [2.24, 2.45) is 10.9 Å². The van der Waals surface area contributed by atoms with Crippen molar-refractivity contribution >= 4 is 35.8 Å². The normalized spacial score (nSPS) is 19.5. The first-order valence-electron chi connectivity index (χ1n) is 11.1. The molecule has 2 N–H and O–H groups in total. The lowest BCUT2D eigenvalue weighted by atomic mass is 9.74. The molecule has 2 fully saturated rings. The number of aliphatic imine (C=N–C) groups is 1. The molecule has 1 aromatic rings. The van der Waals surface area contributed by atoms with Crippen molar-refractivity contribution in [3.8, 4) is 0 Å². The Hall–Kier alpha value is -1.42. The first kappa shape index (κ1) is 25.8. The maximum atomic E-state index is 13.9. The lowest BCUT2D eigenvalue weighted by molar-refractivity contribution is -0.121. The topological polar surface area (TPSA) is 66.0 Å². The van der Waals surface area contributed by atoms with Crippen LogP contribution in [0.1, 0.15) is 44.6 Å². The Balaban J connectivity index is 0.00000341. The average molecular weight is 546 g/mol. The molecule has 0 radical (unpaired) electrons. The second kappa shape index (κ2) is 12.6. The van der Waals surface area contributed by atoms with E-state index in [-0.39, 0.29) is 41.1 Å². The summed E-state index contributed by atoms with van der Waals surface area (Å²) in [5.41, 5.74) is 0.813. The van der Waals surface area contributed by atoms with Crippen molar-refractivity contribution in [2.75, 3.05) is 46.4 Å². The number of ether oxygens (including phenoxy) is 1. The summed E-state index contributed by atoms with van der Waals surface area (Å²) in [5.74, 6) is 1.26. The molecule has 0 atom stereocenters. The highest BCUT2D eigenvalue weighted by atomic mass is 127. The molecule has 31 heavy (non-hydrogen) atoms. The van der Waals surface area contributed by atoms with Gasteiger partial charge in [-0.05, 0) is 56.2 Å². The number of guanidine groups is 1. The van der Waals surface area contributed by atoms with E-state index in [0.717, 1.165) is 56.8 Å². The number of hydrogen-bond donors (Lipinski definition) is 2. The molecule has 2 saturated heterocycles. The standard InChI is InChI=1S/C23H35FN4O2.HI/c1-3-26-22(28-11-7-18(8-12-28)15-21(29)25-2)27-17-23(9-13-30-14-10-23)19-5-4-6-20(24)16-19;/h4-6,16,18H,3,7-15,17H2,1-2H3,(H,25,29)(H,26,27);1H. The summed E-state index contributed by atoms with van der Waals surface area (Å²) < 4.78 is 19.5. The Morgan fingerprint density at radius 2 is 2.00 bits per heavy atom. The van der Waals surface area contributed by atoms with Gasteiger partial charge in [0.15, 0.2) is 5.96 Å². The average Bonchev–Trinajstić information content (AvgIpc) is 2.78. The van der Waals surface area contributed by atoms with Crippen LogP contribution in [0.15, 0.2) is 29.3 Å². The molecule has 0 aliphatic carbocycles. The number of piperidine rings is 1. The molecule has 3 rings (SSSR count). The molecule has 0 saturated carbocycles. The number of carbonyl (C=O) groups excluding carboxylic acids is 1. The highest BCUT2D eigenvalue weighted by Gasteiger charge is 2.35. The van der Waals surface area contributed by atoms with Crippen molar-refractivity contribution in [2.45, 2.75) is 44.4 Å². The van der Waals surface area contributed by atoms with Crippen LogP contribution in [0.5, 0.6) is 0 Å². The Labute approximate surface area is 202 Å². The third-order valence-corrected chi connectivity index (χ3v) is 6.42. The van der Waals surface area contributed by atoms with Crippen LogP contribution in [0, 0.1) is 11.7 Å². The lowest BCUT2D eigenvalue weighted by Crippen LogP contribution is -2.47. The number of carbonyl (C=O) groups is 1. The van der Waals surface area contributed by atoms with Crippen LogP contribution in [0.3, 0.4) is 0 Å². The van der Waals surface area contributed by atoms with Gasteiger partial charge in [-0.25, -0.2) is 4.39 Å². The number of nitrogens with one attached hydrogen (secondary N) is 2. The van der Waals surface area contributed by atoms with E-state index < -0.39 is 0 Å². The van der Waals surface area contributed by atoms with E-state index >= 15 is 0 Å². The van der Waals surface area contributed by atoms with E-state index in [1.54, 1.807) is 19.2 Å². The minimum absolute atomic E-state index is 0. The summed E-state index contributed by atoms with van der Waals surface area (Å²) >= 11 is 0. The third kappa shape index (κ3) is 7.03. The molecule has 8 heteroatoms. The van der Waals surface area contributed by atoms with Crippen LogP contribution >= 0.6 is 24.0 Å². The van der Waals surface area contributed by atoms with E-state index in [2.05, 4.69) is 22.5 Å². The Bertz CT molecular complexity index is 732. The van der Waals surface area contributed by atoms with Gasteiger partial charge < -0.3 is 20.3 Å². The summed E-state index contributed by atoms with van der Waals surface area (Å²) in [6, 6.07) is 6.94. The number of halogens is 2. The smallest absolute Gasteiger partial charge is 0.220 e. The third-order valence-electron chi connectivity index (χ3n) is 6.42. The molecule has 0 aromatic heterocycles. The van der Waals surface area contributed by atoms with E-state index in [0.29, 0.717) is 32.1 Å². The van der Waals surface area contributed by atoms with E-state index in [1.165, 1.54) is 6.07 Å². The quantitative estimate of drug-likeness (QED) is 0.327. The molecular weight excluding hydrogens is 510 g/mol. The van der Waals surface area contributed by atoms with Crippen LogP contribution in [0.25, 0.3) is 0 Å². The SMILES string of the molecule is CCNC(=NCC1(c2cccc(F)c2)CCOCC1)N1CCC(CC(=O)NC)CC1.I. The summed E-state index contributed by atoms with van der Waals surface area (Å²) in [6.45, 7) is 6.62. The van der Waals surface area contributed by atoms with Crippen LogP contribution in [0.2, 0.25) is 0 Å². The van der Waals surface area contributed by atoms with Crippen molar-refractivity contribution < 1.29 is 13.9 Å². The molecule has 2 aliphatic heterocycles. The zero-order chi connectivity index (χ0) is 21.4. The lowest BCUT2D eigenvalue weighted by Gasteiger charge is -2.38. The van der Waals surface area contributed by atoms with Crippen LogP contribution in [-0.4, -0.2) is 63.2 Å². The van der Waals surface area contributed by atoms with Gasteiger partial charge in [0.25, 0.3) is 0 Å². The fourth-order valence-corrected chi connectivity index (χ4v) is 4.48. The molecule has 0 bridgehead atoms. The van der Waals surface area contributed by atoms with Crippen LogP contribution < -0.4 is 10.6 Å². The van der Waals surface area contributed by atoms with Gasteiger partial charge in [-0.1, -0.05) is 12.1 Å². The minimum Gasteiger partial charge on any atom is -0.381 e. The van der Waals surface area contributed by atoms with Gasteiger partial charge in [-0.2, -0.15) is 0 Å². The number of hydrogen-bond acceptors (Lipinski definition) is 3. The van der Waals surface area contributed by atoms with Crippen molar-refractivity contribution in [1.29, 1.82) is 0 Å². The predicted octanol–water partition coefficient (Wildman–Crippen LogP) is 3.31. The van der Waals surface area contributed by atoms with Gasteiger partial charge in [0.05, 0.1) is 6.54 Å². The van der Waals surface area contributed by atoms with Crippen molar-refractivity contribution in [3.05, 3.63) is 35.6 Å². The highest BCUT2D eigenvalue weighted by molar-refractivity contribution is 14.0. The molecule has 2 aliphatic rings. The second-order valence-electron chi connectivity index (χ2n) is 8.38. The fraction of sp³-hybridized carbons (Fsp3) is 0.652. The summed E-state index contributed by atoms with van der Waals surface area (Å²) in [7, 11) is 1.69. The fourth-order valence-electron chi connectivity index (χ4n) is 4.48. The highest BCUT2D eigenvalue weighted by Crippen LogP contribution is 2.35. The number of rotatable bonds is 6. The molecule has 174 valence electrons. The van der Waals surface area contributed by atoms with Crippen LogP contribution in [-0.2, 0) is 14.9 Å². The Morgan fingerprint density at radius 3 is 2.61 bits per heavy atom. The Kier molecular flexibility index (Phi) is 10.5. The van der Waals surface area contributed by atoms with Crippen molar-refractivity contribution in [3.63, 3.8) is 0 Å². The van der Waals surface area contributed by atoms with Gasteiger partial charge in [0.1, 0.15) is 5.82 Å². The number of nitrogens with zero attached hydrogens (tertiary/aromatic N) is 2. The number of likely N-dealkylation sites (tertiary alicyclic amines) is 1. The monoisotopic (exact) mass is 546 g/mol. The maximum absolute atomic E-state index is 13.9. The number of amides is 1. The van der Waals surface area contributed by atoms with Gasteiger partial charge in [-0.15, -0.1) is 24.0 Å². The van der Waals surface area contributed by atoms with E-state index in [9.17, 15) is 9.18 Å². The molecule has 1 aromatic carbocycles.